The maximum absolute atomic E-state index is 11.3. The predicted octanol–water partition coefficient (Wildman–Crippen LogP) is 1.31. The van der Waals surface area contributed by atoms with Gasteiger partial charge in [0.1, 0.15) is 0 Å². The number of nitrogens with one attached hydrogen (secondary N) is 1. The Bertz CT molecular complexity index is 401. The minimum atomic E-state index is 0.107. The zero-order chi connectivity index (χ0) is 13.0. The highest BCUT2D eigenvalue weighted by Crippen LogP contribution is 2.20. The number of rotatable bonds is 4. The van der Waals surface area contributed by atoms with Gasteiger partial charge in [-0.05, 0) is 38.2 Å². The minimum Gasteiger partial charge on any atom is -0.377 e. The second-order valence-electron chi connectivity index (χ2n) is 4.58. The number of anilines is 1. The Hall–Kier alpha value is -1.39. The third-order valence-corrected chi connectivity index (χ3v) is 3.27. The summed E-state index contributed by atoms with van der Waals surface area (Å²) in [6.07, 6.45) is 0. The van der Waals surface area contributed by atoms with Crippen LogP contribution in [0.2, 0.25) is 0 Å². The molecular formula is C14H20N2O2. The van der Waals surface area contributed by atoms with Crippen LogP contribution in [0.3, 0.4) is 0 Å². The van der Waals surface area contributed by atoms with Crippen molar-refractivity contribution in [2.24, 2.45) is 0 Å². The Labute approximate surface area is 108 Å². The summed E-state index contributed by atoms with van der Waals surface area (Å²) in [6.45, 7) is 4.89. The molecule has 1 atom stereocenters. The number of Topliss-reactive ketones (excluding diaryl/α,β-unsaturated/α-hetero) is 1. The van der Waals surface area contributed by atoms with E-state index in [0.717, 1.165) is 37.6 Å². The van der Waals surface area contributed by atoms with Crippen LogP contribution in [0, 0.1) is 0 Å². The average Bonchev–Trinajstić information content (AvgIpc) is 2.40. The highest BCUT2D eigenvalue weighted by Gasteiger charge is 2.22. The maximum atomic E-state index is 11.3. The largest absolute Gasteiger partial charge is 0.377 e. The molecule has 1 aromatic carbocycles. The van der Waals surface area contributed by atoms with Gasteiger partial charge in [0.2, 0.25) is 0 Å². The zero-order valence-electron chi connectivity index (χ0n) is 11.0. The van der Waals surface area contributed by atoms with E-state index in [1.165, 1.54) is 0 Å². The predicted molar refractivity (Wildman–Crippen MR) is 72.3 cm³/mol. The number of ether oxygens (including phenoxy) is 1. The molecule has 0 radical (unpaired) electrons. The van der Waals surface area contributed by atoms with Crippen molar-refractivity contribution < 1.29 is 9.53 Å². The van der Waals surface area contributed by atoms with Crippen LogP contribution in [0.5, 0.6) is 0 Å². The summed E-state index contributed by atoms with van der Waals surface area (Å²) < 4.78 is 5.51. The van der Waals surface area contributed by atoms with Crippen molar-refractivity contribution in [3.8, 4) is 0 Å². The van der Waals surface area contributed by atoms with Gasteiger partial charge < -0.3 is 15.0 Å². The lowest BCUT2D eigenvalue weighted by Gasteiger charge is -2.37. The average molecular weight is 248 g/mol. The molecule has 1 aliphatic rings. The number of ketones is 1. The summed E-state index contributed by atoms with van der Waals surface area (Å²) in [4.78, 5) is 13.6. The van der Waals surface area contributed by atoms with Crippen LogP contribution in [0.25, 0.3) is 0 Å². The van der Waals surface area contributed by atoms with Crippen molar-refractivity contribution in [3.05, 3.63) is 29.8 Å². The molecule has 2 rings (SSSR count). The number of morpholine rings is 1. The molecule has 1 saturated heterocycles. The fourth-order valence-electron chi connectivity index (χ4n) is 2.29. The number of hydrogen-bond acceptors (Lipinski definition) is 4. The summed E-state index contributed by atoms with van der Waals surface area (Å²) in [7, 11) is 1.95. The molecule has 1 N–H and O–H groups in total. The van der Waals surface area contributed by atoms with Gasteiger partial charge in [0.15, 0.2) is 5.78 Å². The summed E-state index contributed by atoms with van der Waals surface area (Å²) in [6, 6.07) is 8.18. The van der Waals surface area contributed by atoms with E-state index in [0.29, 0.717) is 6.04 Å². The van der Waals surface area contributed by atoms with Gasteiger partial charge in [-0.3, -0.25) is 4.79 Å². The number of likely N-dealkylation sites (N-methyl/N-ethyl adjacent to an activating group) is 1. The van der Waals surface area contributed by atoms with E-state index < -0.39 is 0 Å². The quantitative estimate of drug-likeness (QED) is 0.816. The molecule has 1 aliphatic heterocycles. The normalized spacial score (nSPS) is 19.9. The van der Waals surface area contributed by atoms with Crippen molar-refractivity contribution in [1.82, 2.24) is 5.32 Å². The van der Waals surface area contributed by atoms with E-state index in [1.54, 1.807) is 6.92 Å². The minimum absolute atomic E-state index is 0.107. The van der Waals surface area contributed by atoms with Crippen LogP contribution in [-0.4, -0.2) is 45.2 Å². The van der Waals surface area contributed by atoms with Crippen molar-refractivity contribution in [2.75, 3.05) is 38.3 Å². The molecule has 1 fully saturated rings. The molecule has 0 saturated carbocycles. The fraction of sp³-hybridized carbons (Fsp3) is 0.500. The molecule has 4 heteroatoms. The third-order valence-electron chi connectivity index (χ3n) is 3.27. The molecule has 18 heavy (non-hydrogen) atoms. The highest BCUT2D eigenvalue weighted by atomic mass is 16.5. The lowest BCUT2D eigenvalue weighted by Crippen LogP contribution is -2.50. The van der Waals surface area contributed by atoms with Crippen LogP contribution in [-0.2, 0) is 4.74 Å². The van der Waals surface area contributed by atoms with Gasteiger partial charge in [0.05, 0.1) is 19.3 Å². The smallest absolute Gasteiger partial charge is 0.159 e. The molecule has 98 valence electrons. The summed E-state index contributed by atoms with van der Waals surface area (Å²) in [5, 5.41) is 3.19. The van der Waals surface area contributed by atoms with Gasteiger partial charge >= 0.3 is 0 Å². The van der Waals surface area contributed by atoms with Gasteiger partial charge in [-0.2, -0.15) is 0 Å². The first-order valence-corrected chi connectivity index (χ1v) is 6.32. The van der Waals surface area contributed by atoms with Crippen molar-refractivity contribution in [2.45, 2.75) is 13.0 Å². The molecule has 0 amide bonds. The summed E-state index contributed by atoms with van der Waals surface area (Å²) in [5.74, 6) is 0.107. The number of benzene rings is 1. The number of hydrogen-bond donors (Lipinski definition) is 1. The Balaban J connectivity index is 2.15. The lowest BCUT2D eigenvalue weighted by molar-refractivity contribution is 0.0943. The molecular weight excluding hydrogens is 228 g/mol. The van der Waals surface area contributed by atoms with Gasteiger partial charge in [0, 0.05) is 24.3 Å². The summed E-state index contributed by atoms with van der Waals surface area (Å²) >= 11 is 0. The number of carbonyl (C=O) groups excluding carboxylic acids is 1. The molecule has 0 spiro atoms. The van der Waals surface area contributed by atoms with Crippen LogP contribution >= 0.6 is 0 Å². The Kier molecular flexibility index (Phi) is 4.33. The number of nitrogens with zero attached hydrogens (tertiary/aromatic N) is 1. The molecule has 0 aliphatic carbocycles. The maximum Gasteiger partial charge on any atom is 0.159 e. The fourth-order valence-corrected chi connectivity index (χ4v) is 2.29. The van der Waals surface area contributed by atoms with E-state index in [4.69, 9.17) is 4.74 Å². The zero-order valence-corrected chi connectivity index (χ0v) is 11.0. The van der Waals surface area contributed by atoms with Gasteiger partial charge in [-0.15, -0.1) is 0 Å². The third kappa shape index (κ3) is 2.89. The standard InChI is InChI=1S/C14H20N2O2/c1-11(17)12-3-5-13(6-4-12)16-7-8-18-10-14(16)9-15-2/h3-6,14-15H,7-10H2,1-2H3. The molecule has 0 bridgehead atoms. The van der Waals surface area contributed by atoms with Crippen LogP contribution in [0.1, 0.15) is 17.3 Å². The SMILES string of the molecule is CNCC1COCCN1c1ccc(C(C)=O)cc1. The Morgan fingerprint density at radius 1 is 1.44 bits per heavy atom. The van der Waals surface area contributed by atoms with Gasteiger partial charge in [-0.1, -0.05) is 0 Å². The number of carbonyl (C=O) groups is 1. The van der Waals surface area contributed by atoms with Gasteiger partial charge in [-0.25, -0.2) is 0 Å². The first-order valence-electron chi connectivity index (χ1n) is 6.32. The van der Waals surface area contributed by atoms with E-state index in [-0.39, 0.29) is 5.78 Å². The van der Waals surface area contributed by atoms with Gasteiger partial charge in [0.25, 0.3) is 0 Å². The van der Waals surface area contributed by atoms with E-state index in [9.17, 15) is 4.79 Å². The molecule has 1 unspecified atom stereocenters. The van der Waals surface area contributed by atoms with Crippen LogP contribution in [0.4, 0.5) is 5.69 Å². The van der Waals surface area contributed by atoms with Crippen LogP contribution in [0.15, 0.2) is 24.3 Å². The molecule has 0 aromatic heterocycles. The van der Waals surface area contributed by atoms with E-state index in [1.807, 2.05) is 31.3 Å². The second kappa shape index (κ2) is 5.98. The molecule has 4 nitrogen and oxygen atoms in total. The molecule has 1 aromatic rings. The molecule has 1 heterocycles. The monoisotopic (exact) mass is 248 g/mol. The van der Waals surface area contributed by atoms with Crippen molar-refractivity contribution in [1.29, 1.82) is 0 Å². The highest BCUT2D eigenvalue weighted by molar-refractivity contribution is 5.94. The second-order valence-corrected chi connectivity index (χ2v) is 4.58. The van der Waals surface area contributed by atoms with Crippen molar-refractivity contribution >= 4 is 11.5 Å². The Morgan fingerprint density at radius 3 is 2.78 bits per heavy atom. The first-order chi connectivity index (χ1) is 8.72. The first kappa shape index (κ1) is 13.1. The lowest BCUT2D eigenvalue weighted by atomic mass is 10.1. The van der Waals surface area contributed by atoms with E-state index in [2.05, 4.69) is 10.2 Å². The van der Waals surface area contributed by atoms with Crippen LogP contribution < -0.4 is 10.2 Å². The topological polar surface area (TPSA) is 41.6 Å². The summed E-state index contributed by atoms with van der Waals surface area (Å²) in [5.41, 5.74) is 1.92. The Morgan fingerprint density at radius 2 is 2.17 bits per heavy atom. The van der Waals surface area contributed by atoms with E-state index >= 15 is 0 Å². The van der Waals surface area contributed by atoms with Crippen molar-refractivity contribution in [3.63, 3.8) is 0 Å².